The molecular weight excluding hydrogens is 398 g/mol. The molecule has 0 fully saturated rings. The molecule has 0 aliphatic heterocycles. The number of unbranched alkanes of at least 4 members (excludes halogenated alkanes) is 1. The lowest BCUT2D eigenvalue weighted by Crippen LogP contribution is -2.14. The molecule has 4 rings (SSSR count). The van der Waals surface area contributed by atoms with Crippen LogP contribution in [0.2, 0.25) is 0 Å². The van der Waals surface area contributed by atoms with Crippen LogP contribution in [-0.2, 0) is 24.1 Å². The van der Waals surface area contributed by atoms with Crippen LogP contribution in [0, 0.1) is 5.92 Å². The standard InChI is InChI=1S/C23H27N3OS2/c1-3-4-5-16-7-9-17(10-8-16)26-20(27)13-28-22-21-18-11-6-15(2)12-19(18)29-23(21)25-14-24-22/h7-10,14-15H,3-6,11-13H2,1-2H3,(H,26,27)/t15-/m1/s1. The summed E-state index contributed by atoms with van der Waals surface area (Å²) < 4.78 is 0. The fourth-order valence-electron chi connectivity index (χ4n) is 3.82. The zero-order chi connectivity index (χ0) is 20.2. The smallest absolute Gasteiger partial charge is 0.234 e. The average molecular weight is 426 g/mol. The molecule has 1 amide bonds. The van der Waals surface area contributed by atoms with Gasteiger partial charge in [-0.3, -0.25) is 4.79 Å². The number of hydrogen-bond donors (Lipinski definition) is 1. The number of rotatable bonds is 7. The molecule has 1 aliphatic rings. The maximum atomic E-state index is 12.5. The average Bonchev–Trinajstić information content (AvgIpc) is 3.09. The monoisotopic (exact) mass is 425 g/mol. The van der Waals surface area contributed by atoms with Crippen molar-refractivity contribution < 1.29 is 4.79 Å². The number of hydrogen-bond acceptors (Lipinski definition) is 5. The quantitative estimate of drug-likeness (QED) is 0.379. The van der Waals surface area contributed by atoms with Crippen LogP contribution < -0.4 is 5.32 Å². The van der Waals surface area contributed by atoms with Gasteiger partial charge in [-0.15, -0.1) is 11.3 Å². The highest BCUT2D eigenvalue weighted by atomic mass is 32.2. The van der Waals surface area contributed by atoms with E-state index in [1.54, 1.807) is 17.7 Å². The van der Waals surface area contributed by atoms with E-state index >= 15 is 0 Å². The molecule has 0 saturated carbocycles. The molecule has 1 N–H and O–H groups in total. The van der Waals surface area contributed by atoms with E-state index in [1.165, 1.54) is 52.4 Å². The van der Waals surface area contributed by atoms with Gasteiger partial charge in [-0.2, -0.15) is 0 Å². The Morgan fingerprint density at radius 1 is 1.28 bits per heavy atom. The fourth-order valence-corrected chi connectivity index (χ4v) is 6.06. The van der Waals surface area contributed by atoms with E-state index in [4.69, 9.17) is 0 Å². The number of amides is 1. The van der Waals surface area contributed by atoms with Crippen molar-refractivity contribution in [3.05, 3.63) is 46.6 Å². The van der Waals surface area contributed by atoms with Crippen molar-refractivity contribution in [2.45, 2.75) is 57.4 Å². The van der Waals surface area contributed by atoms with Crippen LogP contribution in [0.1, 0.15) is 49.1 Å². The summed E-state index contributed by atoms with van der Waals surface area (Å²) in [6.45, 7) is 4.51. The van der Waals surface area contributed by atoms with Gasteiger partial charge in [-0.05, 0) is 61.3 Å². The first-order valence-corrected chi connectivity index (χ1v) is 12.2. The second kappa shape index (κ2) is 9.26. The summed E-state index contributed by atoms with van der Waals surface area (Å²) in [5, 5.41) is 5.12. The number of thioether (sulfide) groups is 1. The summed E-state index contributed by atoms with van der Waals surface area (Å²) >= 11 is 3.31. The zero-order valence-electron chi connectivity index (χ0n) is 17.0. The van der Waals surface area contributed by atoms with Crippen molar-refractivity contribution in [3.8, 4) is 0 Å². The largest absolute Gasteiger partial charge is 0.325 e. The van der Waals surface area contributed by atoms with E-state index in [2.05, 4.69) is 41.3 Å². The predicted molar refractivity (Wildman–Crippen MR) is 123 cm³/mol. The molecular formula is C23H27N3OS2. The molecule has 0 unspecified atom stereocenters. The molecule has 152 valence electrons. The number of fused-ring (bicyclic) bond motifs is 3. The lowest BCUT2D eigenvalue weighted by Gasteiger charge is -2.18. The van der Waals surface area contributed by atoms with E-state index in [9.17, 15) is 4.79 Å². The molecule has 6 heteroatoms. The lowest BCUT2D eigenvalue weighted by molar-refractivity contribution is -0.113. The van der Waals surface area contributed by atoms with Crippen molar-refractivity contribution in [1.82, 2.24) is 9.97 Å². The van der Waals surface area contributed by atoms with Gasteiger partial charge in [-0.25, -0.2) is 9.97 Å². The van der Waals surface area contributed by atoms with Crippen LogP contribution >= 0.6 is 23.1 Å². The number of anilines is 1. The summed E-state index contributed by atoms with van der Waals surface area (Å²) in [7, 11) is 0. The molecule has 0 saturated heterocycles. The van der Waals surface area contributed by atoms with Crippen LogP contribution in [0.3, 0.4) is 0 Å². The number of carbonyl (C=O) groups excluding carboxylic acids is 1. The molecule has 1 atom stereocenters. The Kier molecular flexibility index (Phi) is 6.50. The highest BCUT2D eigenvalue weighted by Crippen LogP contribution is 2.40. The van der Waals surface area contributed by atoms with E-state index in [0.29, 0.717) is 5.75 Å². The van der Waals surface area contributed by atoms with Gasteiger partial charge in [0.15, 0.2) is 0 Å². The minimum atomic E-state index is 0.000731. The Morgan fingerprint density at radius 3 is 2.90 bits per heavy atom. The number of nitrogens with zero attached hydrogens (tertiary/aromatic N) is 2. The molecule has 2 heterocycles. The third kappa shape index (κ3) is 4.81. The molecule has 0 bridgehead atoms. The Morgan fingerprint density at radius 2 is 2.10 bits per heavy atom. The van der Waals surface area contributed by atoms with Gasteiger partial charge in [0.05, 0.1) is 5.75 Å². The third-order valence-corrected chi connectivity index (χ3v) is 7.61. The summed E-state index contributed by atoms with van der Waals surface area (Å²) in [6, 6.07) is 8.19. The van der Waals surface area contributed by atoms with Crippen LogP contribution in [0.15, 0.2) is 35.6 Å². The Labute approximate surface area is 180 Å². The minimum Gasteiger partial charge on any atom is -0.325 e. The van der Waals surface area contributed by atoms with Gasteiger partial charge in [-0.1, -0.05) is 44.2 Å². The zero-order valence-corrected chi connectivity index (χ0v) is 18.7. The first-order valence-electron chi connectivity index (χ1n) is 10.4. The van der Waals surface area contributed by atoms with Gasteiger partial charge < -0.3 is 5.32 Å². The highest BCUT2D eigenvalue weighted by Gasteiger charge is 2.23. The maximum Gasteiger partial charge on any atom is 0.234 e. The number of carbonyl (C=O) groups is 1. The van der Waals surface area contributed by atoms with Gasteiger partial charge >= 0.3 is 0 Å². The Bertz CT molecular complexity index is 997. The number of thiophene rings is 1. The molecule has 4 nitrogen and oxygen atoms in total. The predicted octanol–water partition coefficient (Wildman–Crippen LogP) is 5.89. The summed E-state index contributed by atoms with van der Waals surface area (Å²) in [4.78, 5) is 24.0. The van der Waals surface area contributed by atoms with E-state index in [0.717, 1.165) is 40.7 Å². The third-order valence-electron chi connectivity index (χ3n) is 5.45. The fraction of sp³-hybridized carbons (Fsp3) is 0.435. The molecule has 3 aromatic rings. The number of nitrogens with one attached hydrogen (secondary N) is 1. The van der Waals surface area contributed by atoms with Crippen molar-refractivity contribution in [3.63, 3.8) is 0 Å². The second-order valence-electron chi connectivity index (χ2n) is 7.85. The van der Waals surface area contributed by atoms with Crippen molar-refractivity contribution in [2.75, 3.05) is 11.1 Å². The van der Waals surface area contributed by atoms with Gasteiger partial charge in [0, 0.05) is 16.0 Å². The van der Waals surface area contributed by atoms with E-state index in [-0.39, 0.29) is 5.91 Å². The Balaban J connectivity index is 1.41. The van der Waals surface area contributed by atoms with Crippen LogP contribution in [0.25, 0.3) is 10.2 Å². The SMILES string of the molecule is CCCCc1ccc(NC(=O)CSc2ncnc3sc4c(c23)CC[C@@H](C)C4)cc1. The number of aryl methyl sites for hydroxylation is 2. The minimum absolute atomic E-state index is 0.000731. The molecule has 0 spiro atoms. The first kappa shape index (κ1) is 20.4. The first-order chi connectivity index (χ1) is 14.1. The van der Waals surface area contributed by atoms with Crippen LogP contribution in [0.4, 0.5) is 5.69 Å². The normalized spacial score (nSPS) is 16.0. The van der Waals surface area contributed by atoms with Crippen molar-refractivity contribution in [2.24, 2.45) is 5.92 Å². The molecule has 1 aromatic carbocycles. The highest BCUT2D eigenvalue weighted by molar-refractivity contribution is 8.00. The molecule has 0 radical (unpaired) electrons. The lowest BCUT2D eigenvalue weighted by atomic mass is 9.89. The van der Waals surface area contributed by atoms with E-state index in [1.807, 2.05) is 12.1 Å². The molecule has 2 aromatic heterocycles. The topological polar surface area (TPSA) is 54.9 Å². The van der Waals surface area contributed by atoms with Crippen molar-refractivity contribution in [1.29, 1.82) is 0 Å². The van der Waals surface area contributed by atoms with Gasteiger partial charge in [0.1, 0.15) is 16.2 Å². The van der Waals surface area contributed by atoms with Crippen LogP contribution in [-0.4, -0.2) is 21.6 Å². The Hall–Kier alpha value is -1.92. The summed E-state index contributed by atoms with van der Waals surface area (Å²) in [5.74, 6) is 1.09. The van der Waals surface area contributed by atoms with Gasteiger partial charge in [0.2, 0.25) is 5.91 Å². The maximum absolute atomic E-state index is 12.5. The van der Waals surface area contributed by atoms with Crippen LogP contribution in [0.5, 0.6) is 0 Å². The van der Waals surface area contributed by atoms with E-state index < -0.39 is 0 Å². The van der Waals surface area contributed by atoms with Crippen molar-refractivity contribution >= 4 is 44.9 Å². The second-order valence-corrected chi connectivity index (χ2v) is 9.90. The van der Waals surface area contributed by atoms with Gasteiger partial charge in [0.25, 0.3) is 0 Å². The molecule has 1 aliphatic carbocycles. The number of aromatic nitrogens is 2. The summed E-state index contributed by atoms with van der Waals surface area (Å²) in [5.41, 5.74) is 3.58. The molecule has 29 heavy (non-hydrogen) atoms. The number of benzene rings is 1. The summed E-state index contributed by atoms with van der Waals surface area (Å²) in [6.07, 6.45) is 8.55.